The predicted octanol–water partition coefficient (Wildman–Crippen LogP) is 1.97. The zero-order valence-corrected chi connectivity index (χ0v) is 9.53. The number of fused-ring (bicyclic) bond motifs is 3. The molecular weight excluding hydrogens is 226 g/mol. The Morgan fingerprint density at radius 2 is 1.89 bits per heavy atom. The Kier molecular flexibility index (Phi) is 2.16. The summed E-state index contributed by atoms with van der Waals surface area (Å²) in [5, 5.41) is 10.4. The fourth-order valence-corrected chi connectivity index (χ4v) is 2.16. The Hall–Kier alpha value is -2.62. The summed E-state index contributed by atoms with van der Waals surface area (Å²) < 4.78 is 0. The molecule has 0 aliphatic heterocycles. The van der Waals surface area contributed by atoms with E-state index in [0.29, 0.717) is 0 Å². The molecule has 4 nitrogen and oxygen atoms in total. The molecule has 1 aromatic heterocycles. The highest BCUT2D eigenvalue weighted by molar-refractivity contribution is 6.08. The lowest BCUT2D eigenvalue weighted by atomic mass is 10.0. The van der Waals surface area contributed by atoms with Crippen LogP contribution in [-0.2, 0) is 0 Å². The van der Waals surface area contributed by atoms with Crippen molar-refractivity contribution in [2.75, 3.05) is 0 Å². The molecule has 18 heavy (non-hydrogen) atoms. The number of hydrogen-bond acceptors (Lipinski definition) is 2. The van der Waals surface area contributed by atoms with E-state index in [-0.39, 0.29) is 17.0 Å². The van der Waals surface area contributed by atoms with Crippen molar-refractivity contribution >= 4 is 27.5 Å². The van der Waals surface area contributed by atoms with E-state index in [1.807, 2.05) is 36.4 Å². The third-order valence-electron chi connectivity index (χ3n) is 3.04. The Bertz CT molecular complexity index is 833. The molecule has 88 valence electrons. The van der Waals surface area contributed by atoms with E-state index in [1.165, 1.54) is 0 Å². The summed E-state index contributed by atoms with van der Waals surface area (Å²) in [5.41, 5.74) is 6.05. The number of aromatic amines is 1. The van der Waals surface area contributed by atoms with Gasteiger partial charge in [-0.2, -0.15) is 0 Å². The van der Waals surface area contributed by atoms with E-state index < -0.39 is 0 Å². The maximum absolute atomic E-state index is 11.7. The maximum atomic E-state index is 11.7. The van der Waals surface area contributed by atoms with Crippen LogP contribution in [0.2, 0.25) is 0 Å². The molecule has 0 aliphatic carbocycles. The summed E-state index contributed by atoms with van der Waals surface area (Å²) in [6.45, 7) is 0. The molecule has 0 saturated heterocycles. The molecule has 0 saturated carbocycles. The van der Waals surface area contributed by atoms with E-state index in [2.05, 4.69) is 4.98 Å². The molecule has 0 unspecified atom stereocenters. The minimum absolute atomic E-state index is 0.207. The van der Waals surface area contributed by atoms with Crippen LogP contribution in [0, 0.1) is 5.41 Å². The smallest absolute Gasteiger partial charge is 0.259 e. The maximum Gasteiger partial charge on any atom is 0.259 e. The molecule has 0 radical (unpaired) electrons. The molecule has 1 heterocycles. The first-order valence-corrected chi connectivity index (χ1v) is 5.56. The SMILES string of the molecule is N=C(N)c1cc2c(ccc3ccccc32)[nH]c1=O. The number of nitrogens with two attached hydrogens (primary N) is 1. The van der Waals surface area contributed by atoms with E-state index in [9.17, 15) is 4.79 Å². The van der Waals surface area contributed by atoms with Gasteiger partial charge in [0.05, 0.1) is 5.56 Å². The monoisotopic (exact) mass is 237 g/mol. The van der Waals surface area contributed by atoms with Crippen LogP contribution in [0.4, 0.5) is 0 Å². The number of amidine groups is 1. The van der Waals surface area contributed by atoms with Crippen molar-refractivity contribution in [3.63, 3.8) is 0 Å². The van der Waals surface area contributed by atoms with Gasteiger partial charge in [-0.15, -0.1) is 0 Å². The Morgan fingerprint density at radius 3 is 2.67 bits per heavy atom. The van der Waals surface area contributed by atoms with E-state index in [4.69, 9.17) is 11.1 Å². The highest BCUT2D eigenvalue weighted by Crippen LogP contribution is 2.23. The normalized spacial score (nSPS) is 10.9. The molecule has 3 aromatic rings. The highest BCUT2D eigenvalue weighted by atomic mass is 16.1. The lowest BCUT2D eigenvalue weighted by molar-refractivity contribution is 1.27. The number of nitrogen functional groups attached to an aromatic ring is 1. The standard InChI is InChI=1S/C14H11N3O/c15-13(16)11-7-10-9-4-2-1-3-8(9)5-6-12(10)17-14(11)18/h1-7H,(H3,15,16)(H,17,18). The number of pyridine rings is 1. The fraction of sp³-hybridized carbons (Fsp3) is 0. The van der Waals surface area contributed by atoms with E-state index in [1.54, 1.807) is 6.07 Å². The quantitative estimate of drug-likeness (QED) is 0.343. The number of nitrogens with one attached hydrogen (secondary N) is 2. The topological polar surface area (TPSA) is 82.7 Å². The van der Waals surface area contributed by atoms with Crippen molar-refractivity contribution in [2.24, 2.45) is 5.73 Å². The first-order valence-electron chi connectivity index (χ1n) is 5.56. The molecule has 0 fully saturated rings. The van der Waals surface area contributed by atoms with Gasteiger partial charge in [0.2, 0.25) is 0 Å². The summed E-state index contributed by atoms with van der Waals surface area (Å²) in [4.78, 5) is 14.5. The predicted molar refractivity (Wildman–Crippen MR) is 73.1 cm³/mol. The third kappa shape index (κ3) is 1.47. The van der Waals surface area contributed by atoms with Gasteiger partial charge >= 0.3 is 0 Å². The van der Waals surface area contributed by atoms with Crippen molar-refractivity contribution in [3.8, 4) is 0 Å². The van der Waals surface area contributed by atoms with Crippen molar-refractivity contribution in [1.82, 2.24) is 4.98 Å². The van der Waals surface area contributed by atoms with Crippen LogP contribution in [0.25, 0.3) is 21.7 Å². The van der Waals surface area contributed by atoms with Crippen LogP contribution in [0.1, 0.15) is 5.56 Å². The van der Waals surface area contributed by atoms with Crippen molar-refractivity contribution in [3.05, 3.63) is 58.4 Å². The second-order valence-electron chi connectivity index (χ2n) is 4.17. The van der Waals surface area contributed by atoms with Gasteiger partial charge in [-0.1, -0.05) is 30.3 Å². The molecule has 0 amide bonds. The number of rotatable bonds is 1. The summed E-state index contributed by atoms with van der Waals surface area (Å²) >= 11 is 0. The van der Waals surface area contributed by atoms with Crippen LogP contribution in [0.3, 0.4) is 0 Å². The van der Waals surface area contributed by atoms with Crippen LogP contribution < -0.4 is 11.3 Å². The summed E-state index contributed by atoms with van der Waals surface area (Å²) in [6, 6.07) is 13.4. The number of benzene rings is 2. The van der Waals surface area contributed by atoms with Crippen LogP contribution in [-0.4, -0.2) is 10.8 Å². The zero-order valence-electron chi connectivity index (χ0n) is 9.53. The average Bonchev–Trinajstić information content (AvgIpc) is 2.37. The third-order valence-corrected chi connectivity index (χ3v) is 3.04. The van der Waals surface area contributed by atoms with Crippen LogP contribution >= 0.6 is 0 Å². The number of hydrogen-bond donors (Lipinski definition) is 3. The molecule has 0 atom stereocenters. The molecule has 0 spiro atoms. The summed E-state index contributed by atoms with van der Waals surface area (Å²) in [6.07, 6.45) is 0. The second kappa shape index (κ2) is 3.70. The molecular formula is C14H11N3O. The van der Waals surface area contributed by atoms with Crippen LogP contribution in [0.5, 0.6) is 0 Å². The Morgan fingerprint density at radius 1 is 1.11 bits per heavy atom. The minimum Gasteiger partial charge on any atom is -0.384 e. The largest absolute Gasteiger partial charge is 0.384 e. The van der Waals surface area contributed by atoms with Gasteiger partial charge in [-0.3, -0.25) is 10.2 Å². The van der Waals surface area contributed by atoms with Crippen molar-refractivity contribution in [1.29, 1.82) is 5.41 Å². The van der Waals surface area contributed by atoms with Gasteiger partial charge in [-0.05, 0) is 22.9 Å². The van der Waals surface area contributed by atoms with Gasteiger partial charge in [-0.25, -0.2) is 0 Å². The molecule has 4 heteroatoms. The first-order chi connectivity index (χ1) is 8.66. The molecule has 4 N–H and O–H groups in total. The minimum atomic E-state index is -0.328. The average molecular weight is 237 g/mol. The molecule has 2 aromatic carbocycles. The van der Waals surface area contributed by atoms with E-state index in [0.717, 1.165) is 21.7 Å². The zero-order chi connectivity index (χ0) is 12.7. The summed E-state index contributed by atoms with van der Waals surface area (Å²) in [5.74, 6) is -0.217. The fourth-order valence-electron chi connectivity index (χ4n) is 2.16. The van der Waals surface area contributed by atoms with Gasteiger partial charge in [0, 0.05) is 10.9 Å². The van der Waals surface area contributed by atoms with Crippen molar-refractivity contribution < 1.29 is 0 Å². The van der Waals surface area contributed by atoms with Crippen LogP contribution in [0.15, 0.2) is 47.3 Å². The van der Waals surface area contributed by atoms with Gasteiger partial charge in [0.15, 0.2) is 0 Å². The van der Waals surface area contributed by atoms with E-state index >= 15 is 0 Å². The van der Waals surface area contributed by atoms with Crippen molar-refractivity contribution in [2.45, 2.75) is 0 Å². The van der Waals surface area contributed by atoms with Gasteiger partial charge in [0.25, 0.3) is 5.56 Å². The highest BCUT2D eigenvalue weighted by Gasteiger charge is 2.07. The Balaban J connectivity index is 2.53. The molecule has 3 rings (SSSR count). The number of aromatic nitrogens is 1. The number of H-pyrrole nitrogens is 1. The first kappa shape index (κ1) is 10.5. The Labute approximate surface area is 103 Å². The molecule has 0 aliphatic rings. The summed E-state index contributed by atoms with van der Waals surface area (Å²) in [7, 11) is 0. The lowest BCUT2D eigenvalue weighted by Gasteiger charge is -2.05. The van der Waals surface area contributed by atoms with Gasteiger partial charge in [0.1, 0.15) is 5.84 Å². The second-order valence-corrected chi connectivity index (χ2v) is 4.17. The van der Waals surface area contributed by atoms with Gasteiger partial charge < -0.3 is 10.7 Å². The lowest BCUT2D eigenvalue weighted by Crippen LogP contribution is -2.23. The molecule has 0 bridgehead atoms.